The number of benzene rings is 1. The summed E-state index contributed by atoms with van der Waals surface area (Å²) < 4.78 is 24.3. The monoisotopic (exact) mass is 333 g/mol. The fourth-order valence-corrected chi connectivity index (χ4v) is 4.15. The number of hydrogen-bond donors (Lipinski definition) is 2. The third-order valence-corrected chi connectivity index (χ3v) is 5.83. The molecule has 1 aliphatic heterocycles. The van der Waals surface area contributed by atoms with Crippen LogP contribution in [0, 0.1) is 0 Å². The summed E-state index contributed by atoms with van der Waals surface area (Å²) in [4.78, 5) is 0.858. The lowest BCUT2D eigenvalue weighted by molar-refractivity contribution is 0.0651. The van der Waals surface area contributed by atoms with E-state index in [1.54, 1.807) is 11.8 Å². The molecule has 0 amide bonds. The predicted octanol–water partition coefficient (Wildman–Crippen LogP) is 3.56. The van der Waals surface area contributed by atoms with Crippen LogP contribution in [0.25, 0.3) is 0 Å². The van der Waals surface area contributed by atoms with Crippen molar-refractivity contribution in [2.75, 3.05) is 23.8 Å². The highest BCUT2D eigenvalue weighted by Crippen LogP contribution is 2.28. The van der Waals surface area contributed by atoms with E-state index in [0.717, 1.165) is 28.4 Å². The van der Waals surface area contributed by atoms with Crippen LogP contribution >= 0.6 is 23.5 Å². The summed E-state index contributed by atoms with van der Waals surface area (Å²) in [5.74, 6) is 1.64. The van der Waals surface area contributed by atoms with Crippen molar-refractivity contribution in [2.45, 2.75) is 36.3 Å². The van der Waals surface area contributed by atoms with E-state index in [1.807, 2.05) is 31.2 Å². The van der Waals surface area contributed by atoms with Crippen molar-refractivity contribution in [2.24, 2.45) is 0 Å². The average Bonchev–Trinajstić information content (AvgIpc) is 2.90. The topological polar surface area (TPSA) is 32.3 Å². The Kier molecular flexibility index (Phi) is 6.34. The lowest BCUT2D eigenvalue weighted by atomic mass is 10.0. The summed E-state index contributed by atoms with van der Waals surface area (Å²) >= 11 is 2.95. The molecule has 0 saturated carbocycles. The van der Waals surface area contributed by atoms with Gasteiger partial charge in [-0.25, -0.2) is 8.78 Å². The summed E-state index contributed by atoms with van der Waals surface area (Å²) in [5, 5.41) is 13.7. The molecule has 1 aliphatic rings. The van der Waals surface area contributed by atoms with E-state index < -0.39 is 12.0 Å². The van der Waals surface area contributed by atoms with E-state index in [-0.39, 0.29) is 11.8 Å². The highest BCUT2D eigenvalue weighted by atomic mass is 32.2. The molecule has 2 rings (SSSR count). The van der Waals surface area contributed by atoms with E-state index in [2.05, 4.69) is 5.32 Å². The van der Waals surface area contributed by atoms with Crippen molar-refractivity contribution in [3.63, 3.8) is 0 Å². The summed E-state index contributed by atoms with van der Waals surface area (Å²) in [6.45, 7) is 2.63. The third kappa shape index (κ3) is 5.43. The van der Waals surface area contributed by atoms with Gasteiger partial charge in [-0.2, -0.15) is 11.8 Å². The Morgan fingerprint density at radius 2 is 2.10 bits per heavy atom. The van der Waals surface area contributed by atoms with Crippen LogP contribution in [0.1, 0.15) is 24.9 Å². The summed E-state index contributed by atoms with van der Waals surface area (Å²) in [5.41, 5.74) is 0.511. The number of rotatable bonds is 7. The standard InChI is InChI=1S/C15H21F2NOS2/c1-11(18-9-15(19)6-7-20-10-15)12-2-4-13(5-3-12)21-8-14(16)17/h2-5,11,14,18-19H,6-10H2,1H3. The molecule has 2 N–H and O–H groups in total. The van der Waals surface area contributed by atoms with Crippen LogP contribution in [-0.2, 0) is 0 Å². The molecule has 0 aliphatic carbocycles. The molecule has 1 heterocycles. The van der Waals surface area contributed by atoms with Gasteiger partial charge in [0, 0.05) is 23.2 Å². The summed E-state index contributed by atoms with van der Waals surface area (Å²) in [6.07, 6.45) is -1.44. The van der Waals surface area contributed by atoms with Crippen LogP contribution in [0.3, 0.4) is 0 Å². The number of alkyl halides is 2. The summed E-state index contributed by atoms with van der Waals surface area (Å²) in [7, 11) is 0. The molecular formula is C15H21F2NOS2. The maximum atomic E-state index is 12.2. The minimum Gasteiger partial charge on any atom is -0.388 e. The van der Waals surface area contributed by atoms with Gasteiger partial charge in [0.25, 0.3) is 0 Å². The second-order valence-electron chi connectivity index (χ2n) is 5.40. The van der Waals surface area contributed by atoms with E-state index in [1.165, 1.54) is 11.8 Å². The molecule has 1 saturated heterocycles. The van der Waals surface area contributed by atoms with Crippen LogP contribution in [0.5, 0.6) is 0 Å². The molecular weight excluding hydrogens is 312 g/mol. The first-order chi connectivity index (χ1) is 9.98. The minimum absolute atomic E-state index is 0.133. The first-order valence-corrected chi connectivity index (χ1v) is 9.17. The number of halogens is 2. The van der Waals surface area contributed by atoms with Gasteiger partial charge in [0.05, 0.1) is 11.4 Å². The minimum atomic E-state index is -2.28. The molecule has 0 radical (unpaired) electrons. The van der Waals surface area contributed by atoms with Crippen LogP contribution < -0.4 is 5.32 Å². The summed E-state index contributed by atoms with van der Waals surface area (Å²) in [6, 6.07) is 7.80. The Labute approximate surface area is 133 Å². The van der Waals surface area contributed by atoms with Crippen molar-refractivity contribution in [3.05, 3.63) is 29.8 Å². The number of aliphatic hydroxyl groups is 1. The number of hydrogen-bond acceptors (Lipinski definition) is 4. The molecule has 0 spiro atoms. The van der Waals surface area contributed by atoms with Crippen molar-refractivity contribution >= 4 is 23.5 Å². The Balaban J connectivity index is 1.83. The molecule has 2 nitrogen and oxygen atoms in total. The zero-order valence-electron chi connectivity index (χ0n) is 12.0. The first-order valence-electron chi connectivity index (χ1n) is 7.03. The van der Waals surface area contributed by atoms with Gasteiger partial charge in [0.2, 0.25) is 6.43 Å². The van der Waals surface area contributed by atoms with E-state index >= 15 is 0 Å². The molecule has 1 aromatic carbocycles. The van der Waals surface area contributed by atoms with Gasteiger partial charge >= 0.3 is 0 Å². The number of thioether (sulfide) groups is 2. The predicted molar refractivity (Wildman–Crippen MR) is 86.5 cm³/mol. The van der Waals surface area contributed by atoms with Gasteiger partial charge in [-0.15, -0.1) is 11.8 Å². The fraction of sp³-hybridized carbons (Fsp3) is 0.600. The molecule has 0 bridgehead atoms. The maximum absolute atomic E-state index is 12.2. The van der Waals surface area contributed by atoms with E-state index in [0.29, 0.717) is 6.54 Å². The zero-order chi connectivity index (χ0) is 15.3. The van der Waals surface area contributed by atoms with Crippen molar-refractivity contribution < 1.29 is 13.9 Å². The molecule has 6 heteroatoms. The van der Waals surface area contributed by atoms with Gasteiger partial charge in [-0.1, -0.05) is 12.1 Å². The van der Waals surface area contributed by atoms with Gasteiger partial charge in [-0.3, -0.25) is 0 Å². The Bertz CT molecular complexity index is 436. The highest BCUT2D eigenvalue weighted by molar-refractivity contribution is 7.99. The van der Waals surface area contributed by atoms with Crippen LogP contribution in [0.15, 0.2) is 29.2 Å². The second kappa shape index (κ2) is 7.81. The van der Waals surface area contributed by atoms with E-state index in [9.17, 15) is 13.9 Å². The zero-order valence-corrected chi connectivity index (χ0v) is 13.7. The Morgan fingerprint density at radius 1 is 1.38 bits per heavy atom. The smallest absolute Gasteiger partial charge is 0.247 e. The largest absolute Gasteiger partial charge is 0.388 e. The Hall–Kier alpha value is -0.300. The number of nitrogens with one attached hydrogen (secondary N) is 1. The molecule has 1 aromatic rings. The molecule has 2 unspecified atom stereocenters. The van der Waals surface area contributed by atoms with Gasteiger partial charge in [-0.05, 0) is 36.8 Å². The molecule has 2 atom stereocenters. The molecule has 1 fully saturated rings. The van der Waals surface area contributed by atoms with Crippen molar-refractivity contribution in [1.29, 1.82) is 0 Å². The van der Waals surface area contributed by atoms with Crippen LogP contribution in [-0.4, -0.2) is 40.9 Å². The normalized spacial score (nSPS) is 23.7. The van der Waals surface area contributed by atoms with Gasteiger partial charge in [0.15, 0.2) is 0 Å². The SMILES string of the molecule is CC(NCC1(O)CCSC1)c1ccc(SCC(F)F)cc1. The van der Waals surface area contributed by atoms with E-state index in [4.69, 9.17) is 0 Å². The fourth-order valence-electron chi connectivity index (χ4n) is 2.21. The van der Waals surface area contributed by atoms with Gasteiger partial charge < -0.3 is 10.4 Å². The second-order valence-corrected chi connectivity index (χ2v) is 7.60. The average molecular weight is 333 g/mol. The van der Waals surface area contributed by atoms with Crippen molar-refractivity contribution in [3.8, 4) is 0 Å². The highest BCUT2D eigenvalue weighted by Gasteiger charge is 2.31. The van der Waals surface area contributed by atoms with Gasteiger partial charge in [0.1, 0.15) is 0 Å². The molecule has 0 aromatic heterocycles. The Morgan fingerprint density at radius 3 is 2.67 bits per heavy atom. The lowest BCUT2D eigenvalue weighted by Gasteiger charge is -2.24. The lowest BCUT2D eigenvalue weighted by Crippen LogP contribution is -2.41. The van der Waals surface area contributed by atoms with Crippen LogP contribution in [0.4, 0.5) is 8.78 Å². The third-order valence-electron chi connectivity index (χ3n) is 3.58. The first kappa shape index (κ1) is 17.1. The van der Waals surface area contributed by atoms with Crippen molar-refractivity contribution in [1.82, 2.24) is 5.32 Å². The van der Waals surface area contributed by atoms with Crippen LogP contribution in [0.2, 0.25) is 0 Å². The quantitative estimate of drug-likeness (QED) is 0.747. The molecule has 118 valence electrons. The maximum Gasteiger partial charge on any atom is 0.247 e. The molecule has 21 heavy (non-hydrogen) atoms.